The maximum Gasteiger partial charge on any atom is 0.118 e. The number of hydrogen-bond acceptors (Lipinski definition) is 1. The molecule has 2 N–H and O–H groups in total. The van der Waals surface area contributed by atoms with Gasteiger partial charge in [0.05, 0.1) is 0 Å². The lowest BCUT2D eigenvalue weighted by atomic mass is 9.73. The highest BCUT2D eigenvalue weighted by molar-refractivity contribution is 5.18. The SMILES string of the molecule is NC12CC3CC(F)(CC(F)CC3(F)C1)C2. The first-order chi connectivity index (χ1) is 6.83. The lowest BCUT2D eigenvalue weighted by Gasteiger charge is -2.39. The van der Waals surface area contributed by atoms with Gasteiger partial charge in [0, 0.05) is 18.4 Å². The molecule has 0 aliphatic heterocycles. The molecule has 5 unspecified atom stereocenters. The van der Waals surface area contributed by atoms with E-state index in [4.69, 9.17) is 5.73 Å². The molecule has 0 aromatic heterocycles. The highest BCUT2D eigenvalue weighted by Gasteiger charge is 2.64. The van der Waals surface area contributed by atoms with Crippen molar-refractivity contribution in [2.75, 3.05) is 0 Å². The summed E-state index contributed by atoms with van der Waals surface area (Å²) in [5.41, 5.74) is 2.19. The molecular weight excluding hydrogens is 203 g/mol. The summed E-state index contributed by atoms with van der Waals surface area (Å²) in [4.78, 5) is 0. The molecule has 0 heterocycles. The summed E-state index contributed by atoms with van der Waals surface area (Å²) < 4.78 is 42.2. The van der Waals surface area contributed by atoms with Crippen molar-refractivity contribution in [3.63, 3.8) is 0 Å². The average molecular weight is 219 g/mol. The lowest BCUT2D eigenvalue weighted by Crippen LogP contribution is -2.49. The predicted octanol–water partition coefficient (Wildman–Crippen LogP) is 2.44. The zero-order valence-corrected chi connectivity index (χ0v) is 8.61. The minimum absolute atomic E-state index is 0.141. The van der Waals surface area contributed by atoms with Gasteiger partial charge in [0.15, 0.2) is 0 Å². The summed E-state index contributed by atoms with van der Waals surface area (Å²) in [6, 6.07) is 0. The van der Waals surface area contributed by atoms with Crippen molar-refractivity contribution in [3.8, 4) is 0 Å². The summed E-state index contributed by atoms with van der Waals surface area (Å²) in [7, 11) is 0. The standard InChI is InChI=1S/C11H16F3N/c12-8-3-9(13)1-7-2-10(15,5-9)6-11(7,14)4-8/h7-8H,1-6,15H2. The first kappa shape index (κ1) is 9.94. The maximum absolute atomic E-state index is 14.5. The summed E-state index contributed by atoms with van der Waals surface area (Å²) in [6.07, 6.45) is -0.659. The second-order valence-corrected chi connectivity index (χ2v) is 6.01. The third kappa shape index (κ3) is 1.33. The monoisotopic (exact) mass is 219 g/mol. The largest absolute Gasteiger partial charge is 0.325 e. The van der Waals surface area contributed by atoms with Crippen molar-refractivity contribution >= 4 is 0 Å². The molecule has 5 atom stereocenters. The van der Waals surface area contributed by atoms with Crippen LogP contribution in [0.2, 0.25) is 0 Å². The fourth-order valence-electron chi connectivity index (χ4n) is 4.24. The van der Waals surface area contributed by atoms with Gasteiger partial charge in [0.2, 0.25) is 0 Å². The van der Waals surface area contributed by atoms with Gasteiger partial charge in [-0.3, -0.25) is 0 Å². The fourth-order valence-corrected chi connectivity index (χ4v) is 4.24. The van der Waals surface area contributed by atoms with E-state index in [2.05, 4.69) is 0 Å². The molecule has 0 spiro atoms. The maximum atomic E-state index is 14.5. The van der Waals surface area contributed by atoms with Crippen molar-refractivity contribution in [2.24, 2.45) is 11.7 Å². The van der Waals surface area contributed by atoms with Crippen molar-refractivity contribution in [3.05, 3.63) is 0 Å². The van der Waals surface area contributed by atoms with Crippen LogP contribution < -0.4 is 5.73 Å². The normalized spacial score (nSPS) is 63.2. The predicted molar refractivity (Wildman–Crippen MR) is 50.7 cm³/mol. The second-order valence-electron chi connectivity index (χ2n) is 6.01. The Morgan fingerprint density at radius 2 is 1.73 bits per heavy atom. The minimum Gasteiger partial charge on any atom is -0.325 e. The van der Waals surface area contributed by atoms with Gasteiger partial charge in [-0.05, 0) is 31.6 Å². The number of nitrogens with two attached hydrogens (primary N) is 1. The Morgan fingerprint density at radius 3 is 2.47 bits per heavy atom. The number of rotatable bonds is 0. The van der Waals surface area contributed by atoms with Gasteiger partial charge in [0.25, 0.3) is 0 Å². The summed E-state index contributed by atoms with van der Waals surface area (Å²) >= 11 is 0. The van der Waals surface area contributed by atoms with Crippen LogP contribution in [0.4, 0.5) is 13.2 Å². The van der Waals surface area contributed by atoms with Crippen LogP contribution in [0.15, 0.2) is 0 Å². The Morgan fingerprint density at radius 1 is 1.00 bits per heavy atom. The van der Waals surface area contributed by atoms with E-state index in [1.54, 1.807) is 0 Å². The Hall–Kier alpha value is -0.250. The zero-order chi connectivity index (χ0) is 10.9. The van der Waals surface area contributed by atoms with E-state index in [1.807, 2.05) is 0 Å². The van der Waals surface area contributed by atoms with E-state index >= 15 is 0 Å². The van der Waals surface area contributed by atoms with Crippen LogP contribution in [0, 0.1) is 5.92 Å². The average Bonchev–Trinajstić information content (AvgIpc) is 2.09. The van der Waals surface area contributed by atoms with Crippen LogP contribution in [0.25, 0.3) is 0 Å². The topological polar surface area (TPSA) is 26.0 Å². The Kier molecular flexibility index (Phi) is 1.67. The molecule has 3 rings (SSSR count). The van der Waals surface area contributed by atoms with Crippen LogP contribution in [0.1, 0.15) is 38.5 Å². The van der Waals surface area contributed by atoms with Gasteiger partial charge >= 0.3 is 0 Å². The van der Waals surface area contributed by atoms with E-state index < -0.39 is 23.0 Å². The molecule has 0 amide bonds. The van der Waals surface area contributed by atoms with Gasteiger partial charge in [-0.1, -0.05) is 0 Å². The number of fused-ring (bicyclic) bond motifs is 2. The molecule has 86 valence electrons. The molecule has 3 fully saturated rings. The van der Waals surface area contributed by atoms with E-state index in [9.17, 15) is 13.2 Å². The van der Waals surface area contributed by atoms with Gasteiger partial charge in [0.1, 0.15) is 17.5 Å². The number of halogens is 3. The van der Waals surface area contributed by atoms with E-state index in [0.717, 1.165) is 0 Å². The smallest absolute Gasteiger partial charge is 0.118 e. The molecule has 3 bridgehead atoms. The first-order valence-electron chi connectivity index (χ1n) is 5.63. The summed E-state index contributed by atoms with van der Waals surface area (Å²) in [5, 5.41) is 0. The summed E-state index contributed by atoms with van der Waals surface area (Å²) in [5.74, 6) is -0.359. The molecule has 15 heavy (non-hydrogen) atoms. The molecule has 0 aromatic rings. The number of hydrogen-bond donors (Lipinski definition) is 1. The van der Waals surface area contributed by atoms with Crippen LogP contribution in [-0.2, 0) is 0 Å². The zero-order valence-electron chi connectivity index (χ0n) is 8.61. The van der Waals surface area contributed by atoms with Crippen molar-refractivity contribution in [1.29, 1.82) is 0 Å². The molecule has 3 aliphatic carbocycles. The van der Waals surface area contributed by atoms with Crippen LogP contribution >= 0.6 is 0 Å². The quantitative estimate of drug-likeness (QED) is 0.665. The second kappa shape index (κ2) is 2.53. The molecule has 3 saturated carbocycles. The minimum atomic E-state index is -1.55. The third-order valence-corrected chi connectivity index (χ3v) is 4.46. The molecule has 3 aliphatic rings. The lowest BCUT2D eigenvalue weighted by molar-refractivity contribution is 0.0355. The van der Waals surface area contributed by atoms with Gasteiger partial charge < -0.3 is 5.73 Å². The van der Waals surface area contributed by atoms with Gasteiger partial charge in [-0.2, -0.15) is 0 Å². The molecule has 4 heteroatoms. The van der Waals surface area contributed by atoms with Crippen LogP contribution in [-0.4, -0.2) is 23.0 Å². The van der Waals surface area contributed by atoms with Crippen LogP contribution in [0.5, 0.6) is 0 Å². The number of alkyl halides is 3. The van der Waals surface area contributed by atoms with E-state index in [-0.39, 0.29) is 38.0 Å². The Bertz CT molecular complexity index is 306. The molecular formula is C11H16F3N. The van der Waals surface area contributed by atoms with Crippen LogP contribution in [0.3, 0.4) is 0 Å². The molecule has 0 radical (unpaired) electrons. The van der Waals surface area contributed by atoms with Crippen molar-refractivity contribution in [1.82, 2.24) is 0 Å². The van der Waals surface area contributed by atoms with Gasteiger partial charge in [-0.15, -0.1) is 0 Å². The Labute approximate surface area is 87.2 Å². The third-order valence-electron chi connectivity index (χ3n) is 4.46. The molecule has 0 saturated heterocycles. The summed E-state index contributed by atoms with van der Waals surface area (Å²) in [6.45, 7) is 0. The first-order valence-corrected chi connectivity index (χ1v) is 5.63. The van der Waals surface area contributed by atoms with Crippen molar-refractivity contribution < 1.29 is 13.2 Å². The highest BCUT2D eigenvalue weighted by Crippen LogP contribution is 2.60. The van der Waals surface area contributed by atoms with Crippen molar-refractivity contribution in [2.45, 2.75) is 61.6 Å². The van der Waals surface area contributed by atoms with E-state index in [1.165, 1.54) is 0 Å². The fraction of sp³-hybridized carbons (Fsp3) is 1.00. The molecule has 0 aromatic carbocycles. The molecule has 1 nitrogen and oxygen atoms in total. The highest BCUT2D eigenvalue weighted by atomic mass is 19.2. The van der Waals surface area contributed by atoms with Gasteiger partial charge in [-0.25, -0.2) is 13.2 Å². The van der Waals surface area contributed by atoms with E-state index in [0.29, 0.717) is 6.42 Å². The Balaban J connectivity index is 2.04.